The van der Waals surface area contributed by atoms with Crippen molar-refractivity contribution in [3.63, 3.8) is 0 Å². The molecule has 114 valence electrons. The summed E-state index contributed by atoms with van der Waals surface area (Å²) in [6.45, 7) is 7.68. The average molecular weight is 298 g/mol. The SMILES string of the molecule is CCCNCc1cccc(S(=O)(=O)NC(C)CCC)c1. The molecule has 1 rings (SSSR count). The Kier molecular flexibility index (Phi) is 7.19. The van der Waals surface area contributed by atoms with Crippen molar-refractivity contribution in [3.05, 3.63) is 29.8 Å². The van der Waals surface area contributed by atoms with Gasteiger partial charge in [0.2, 0.25) is 10.0 Å². The van der Waals surface area contributed by atoms with E-state index in [0.29, 0.717) is 11.4 Å². The molecule has 1 aromatic carbocycles. The van der Waals surface area contributed by atoms with Crippen LogP contribution in [-0.2, 0) is 16.6 Å². The number of sulfonamides is 1. The van der Waals surface area contributed by atoms with E-state index in [1.54, 1.807) is 18.2 Å². The number of hydrogen-bond donors (Lipinski definition) is 2. The lowest BCUT2D eigenvalue weighted by atomic mass is 10.2. The number of benzene rings is 1. The molecule has 1 aromatic rings. The highest BCUT2D eigenvalue weighted by molar-refractivity contribution is 7.89. The molecule has 20 heavy (non-hydrogen) atoms. The molecule has 0 bridgehead atoms. The van der Waals surface area contributed by atoms with E-state index in [0.717, 1.165) is 31.4 Å². The van der Waals surface area contributed by atoms with Gasteiger partial charge >= 0.3 is 0 Å². The Morgan fingerprint density at radius 3 is 2.60 bits per heavy atom. The van der Waals surface area contributed by atoms with E-state index in [2.05, 4.69) is 17.0 Å². The van der Waals surface area contributed by atoms with Crippen molar-refractivity contribution in [1.82, 2.24) is 10.0 Å². The van der Waals surface area contributed by atoms with Crippen LogP contribution in [0, 0.1) is 0 Å². The first kappa shape index (κ1) is 17.1. The smallest absolute Gasteiger partial charge is 0.240 e. The van der Waals surface area contributed by atoms with Crippen LogP contribution in [0.5, 0.6) is 0 Å². The first-order chi connectivity index (χ1) is 9.49. The normalized spacial score (nSPS) is 13.3. The molecule has 0 aliphatic rings. The fourth-order valence-electron chi connectivity index (χ4n) is 2.06. The summed E-state index contributed by atoms with van der Waals surface area (Å²) in [4.78, 5) is 0.344. The summed E-state index contributed by atoms with van der Waals surface area (Å²) in [5.74, 6) is 0. The number of nitrogens with one attached hydrogen (secondary N) is 2. The van der Waals surface area contributed by atoms with Crippen molar-refractivity contribution < 1.29 is 8.42 Å². The van der Waals surface area contributed by atoms with Crippen LogP contribution in [0.4, 0.5) is 0 Å². The third-order valence-electron chi connectivity index (χ3n) is 3.04. The summed E-state index contributed by atoms with van der Waals surface area (Å²) < 4.78 is 27.3. The van der Waals surface area contributed by atoms with Gasteiger partial charge in [0.05, 0.1) is 4.90 Å². The maximum absolute atomic E-state index is 12.3. The van der Waals surface area contributed by atoms with Crippen molar-refractivity contribution in [2.24, 2.45) is 0 Å². The zero-order valence-electron chi connectivity index (χ0n) is 12.6. The van der Waals surface area contributed by atoms with Gasteiger partial charge in [0.15, 0.2) is 0 Å². The molecule has 0 aliphatic carbocycles. The molecule has 0 spiro atoms. The van der Waals surface area contributed by atoms with Crippen LogP contribution in [0.15, 0.2) is 29.2 Å². The van der Waals surface area contributed by atoms with Crippen LogP contribution >= 0.6 is 0 Å². The predicted molar refractivity (Wildman–Crippen MR) is 83.1 cm³/mol. The Morgan fingerprint density at radius 1 is 1.20 bits per heavy atom. The summed E-state index contributed by atoms with van der Waals surface area (Å²) in [6, 6.07) is 7.08. The van der Waals surface area contributed by atoms with E-state index in [1.165, 1.54) is 0 Å². The monoisotopic (exact) mass is 298 g/mol. The van der Waals surface area contributed by atoms with Crippen molar-refractivity contribution >= 4 is 10.0 Å². The first-order valence-corrected chi connectivity index (χ1v) is 8.80. The van der Waals surface area contributed by atoms with Gasteiger partial charge in [-0.05, 0) is 44.0 Å². The highest BCUT2D eigenvalue weighted by Gasteiger charge is 2.16. The lowest BCUT2D eigenvalue weighted by molar-refractivity contribution is 0.543. The van der Waals surface area contributed by atoms with Crippen LogP contribution in [0.2, 0.25) is 0 Å². The third kappa shape index (κ3) is 5.61. The first-order valence-electron chi connectivity index (χ1n) is 7.31. The van der Waals surface area contributed by atoms with E-state index in [1.807, 2.05) is 19.9 Å². The molecule has 0 saturated carbocycles. The van der Waals surface area contributed by atoms with Gasteiger partial charge in [-0.15, -0.1) is 0 Å². The molecule has 0 heterocycles. The molecule has 2 N–H and O–H groups in total. The Bertz CT molecular complexity index is 500. The highest BCUT2D eigenvalue weighted by atomic mass is 32.2. The minimum atomic E-state index is -3.41. The topological polar surface area (TPSA) is 58.2 Å². The standard InChI is InChI=1S/C15H26N2O2S/c1-4-7-13(3)17-20(18,19)15-9-6-8-14(11-15)12-16-10-5-2/h6,8-9,11,13,16-17H,4-5,7,10,12H2,1-3H3. The summed E-state index contributed by atoms with van der Waals surface area (Å²) in [5, 5.41) is 3.28. The third-order valence-corrected chi connectivity index (χ3v) is 4.63. The molecule has 4 nitrogen and oxygen atoms in total. The maximum atomic E-state index is 12.3. The van der Waals surface area contributed by atoms with E-state index in [9.17, 15) is 8.42 Å². The summed E-state index contributed by atoms with van der Waals surface area (Å²) in [6.07, 6.45) is 2.87. The van der Waals surface area contributed by atoms with Crippen LogP contribution in [0.25, 0.3) is 0 Å². The molecule has 0 amide bonds. The second-order valence-electron chi connectivity index (χ2n) is 5.14. The molecule has 5 heteroatoms. The van der Waals surface area contributed by atoms with E-state index >= 15 is 0 Å². The Labute approximate surface area is 123 Å². The molecule has 1 unspecified atom stereocenters. The molecule has 0 radical (unpaired) electrons. The highest BCUT2D eigenvalue weighted by Crippen LogP contribution is 2.13. The van der Waals surface area contributed by atoms with Gasteiger partial charge in [-0.1, -0.05) is 32.4 Å². The fraction of sp³-hybridized carbons (Fsp3) is 0.600. The quantitative estimate of drug-likeness (QED) is 0.689. The lowest BCUT2D eigenvalue weighted by Gasteiger charge is -2.14. The predicted octanol–water partition coefficient (Wildman–Crippen LogP) is 2.65. The summed E-state index contributed by atoms with van der Waals surface area (Å²) in [5.41, 5.74) is 0.990. The van der Waals surface area contributed by atoms with Crippen LogP contribution in [0.1, 0.15) is 45.6 Å². The van der Waals surface area contributed by atoms with Gasteiger partial charge < -0.3 is 5.32 Å². The minimum absolute atomic E-state index is 0.0353. The lowest BCUT2D eigenvalue weighted by Crippen LogP contribution is -2.32. The van der Waals surface area contributed by atoms with Crippen LogP contribution in [-0.4, -0.2) is 21.0 Å². The van der Waals surface area contributed by atoms with Crippen molar-refractivity contribution in [2.45, 2.75) is 57.5 Å². The van der Waals surface area contributed by atoms with Crippen molar-refractivity contribution in [1.29, 1.82) is 0 Å². The Hall–Kier alpha value is -0.910. The molecule has 0 aliphatic heterocycles. The molecule has 0 fully saturated rings. The Morgan fingerprint density at radius 2 is 1.95 bits per heavy atom. The van der Waals surface area contributed by atoms with Gasteiger partial charge in [-0.2, -0.15) is 0 Å². The summed E-state index contributed by atoms with van der Waals surface area (Å²) in [7, 11) is -3.41. The molecule has 0 saturated heterocycles. The van der Waals surface area contributed by atoms with Gasteiger partial charge in [0, 0.05) is 12.6 Å². The molecule has 0 aromatic heterocycles. The molecular weight excluding hydrogens is 272 g/mol. The van der Waals surface area contributed by atoms with Gasteiger partial charge in [-0.25, -0.2) is 13.1 Å². The Balaban J connectivity index is 2.76. The van der Waals surface area contributed by atoms with E-state index in [-0.39, 0.29) is 6.04 Å². The van der Waals surface area contributed by atoms with E-state index in [4.69, 9.17) is 0 Å². The number of rotatable bonds is 9. The zero-order chi connectivity index (χ0) is 15.0. The van der Waals surface area contributed by atoms with E-state index < -0.39 is 10.0 Å². The zero-order valence-corrected chi connectivity index (χ0v) is 13.5. The second kappa shape index (κ2) is 8.39. The molecular formula is C15H26N2O2S. The number of hydrogen-bond acceptors (Lipinski definition) is 3. The molecule has 1 atom stereocenters. The fourth-order valence-corrected chi connectivity index (χ4v) is 3.40. The largest absolute Gasteiger partial charge is 0.313 e. The second-order valence-corrected chi connectivity index (χ2v) is 6.85. The van der Waals surface area contributed by atoms with Gasteiger partial charge in [0.1, 0.15) is 0 Å². The minimum Gasteiger partial charge on any atom is -0.313 e. The van der Waals surface area contributed by atoms with Gasteiger partial charge in [-0.3, -0.25) is 0 Å². The van der Waals surface area contributed by atoms with Crippen LogP contribution in [0.3, 0.4) is 0 Å². The summed E-state index contributed by atoms with van der Waals surface area (Å²) >= 11 is 0. The van der Waals surface area contributed by atoms with Crippen molar-refractivity contribution in [2.75, 3.05) is 6.54 Å². The van der Waals surface area contributed by atoms with Gasteiger partial charge in [0.25, 0.3) is 0 Å². The average Bonchev–Trinajstić information content (AvgIpc) is 2.39. The van der Waals surface area contributed by atoms with Crippen molar-refractivity contribution in [3.8, 4) is 0 Å². The maximum Gasteiger partial charge on any atom is 0.240 e. The van der Waals surface area contributed by atoms with Crippen LogP contribution < -0.4 is 10.0 Å².